The van der Waals surface area contributed by atoms with Crippen LogP contribution in [-0.4, -0.2) is 23.2 Å². The third-order valence-corrected chi connectivity index (χ3v) is 3.59. The number of hydrogen-bond donors (Lipinski definition) is 2. The number of rotatable bonds is 2. The Morgan fingerprint density at radius 2 is 2.00 bits per heavy atom. The van der Waals surface area contributed by atoms with Gasteiger partial charge in [-0.3, -0.25) is 4.79 Å². The maximum atomic E-state index is 11.7. The van der Waals surface area contributed by atoms with Crippen LogP contribution in [0.1, 0.15) is 45.4 Å². The zero-order valence-corrected chi connectivity index (χ0v) is 8.75. The molecule has 2 aliphatic carbocycles. The summed E-state index contributed by atoms with van der Waals surface area (Å²) in [6, 6.07) is 0.00803. The molecule has 0 heterocycles. The van der Waals surface area contributed by atoms with Crippen LogP contribution >= 0.6 is 0 Å². The molecule has 1 amide bonds. The maximum absolute atomic E-state index is 11.7. The predicted octanol–water partition coefficient (Wildman–Crippen LogP) is 1.21. The summed E-state index contributed by atoms with van der Waals surface area (Å²) in [5.74, 6) is 0.142. The molecular formula is C11H19NO2. The quantitative estimate of drug-likeness (QED) is 0.699. The number of aliphatic hydroxyl groups excluding tert-OH is 1. The van der Waals surface area contributed by atoms with E-state index >= 15 is 0 Å². The van der Waals surface area contributed by atoms with Crippen LogP contribution in [0.25, 0.3) is 0 Å². The van der Waals surface area contributed by atoms with E-state index in [1.54, 1.807) is 0 Å². The van der Waals surface area contributed by atoms with E-state index in [4.69, 9.17) is 0 Å². The Balaban J connectivity index is 1.86. The minimum atomic E-state index is -0.324. The molecule has 2 aliphatic rings. The average Bonchev–Trinajstić information content (AvgIpc) is 2.89. The molecule has 3 nitrogen and oxygen atoms in total. The van der Waals surface area contributed by atoms with Gasteiger partial charge in [0.2, 0.25) is 5.91 Å². The van der Waals surface area contributed by atoms with Crippen LogP contribution in [0, 0.1) is 5.41 Å². The molecule has 0 unspecified atom stereocenters. The first-order valence-corrected chi connectivity index (χ1v) is 5.61. The second kappa shape index (κ2) is 3.54. The van der Waals surface area contributed by atoms with Gasteiger partial charge in [0.05, 0.1) is 12.1 Å². The summed E-state index contributed by atoms with van der Waals surface area (Å²) in [6.07, 6.45) is 5.66. The Hall–Kier alpha value is -0.570. The molecule has 0 aliphatic heterocycles. The van der Waals surface area contributed by atoms with Crippen molar-refractivity contribution >= 4 is 5.91 Å². The van der Waals surface area contributed by atoms with Gasteiger partial charge in [0.25, 0.3) is 0 Å². The number of aliphatic hydroxyl groups is 1. The molecule has 0 aromatic rings. The van der Waals surface area contributed by atoms with Gasteiger partial charge >= 0.3 is 0 Å². The Morgan fingerprint density at radius 1 is 1.36 bits per heavy atom. The second-order valence-electron chi connectivity index (χ2n) is 4.99. The van der Waals surface area contributed by atoms with E-state index in [-0.39, 0.29) is 23.5 Å². The molecular weight excluding hydrogens is 178 g/mol. The first-order valence-electron chi connectivity index (χ1n) is 5.61. The maximum Gasteiger partial charge on any atom is 0.226 e. The molecule has 2 atom stereocenters. The molecule has 0 spiro atoms. The first-order chi connectivity index (χ1) is 6.62. The lowest BCUT2D eigenvalue weighted by atomic mass is 9.92. The van der Waals surface area contributed by atoms with Crippen LogP contribution in [0.3, 0.4) is 0 Å². The van der Waals surface area contributed by atoms with Crippen molar-refractivity contribution in [2.24, 2.45) is 5.41 Å². The van der Waals surface area contributed by atoms with E-state index in [9.17, 15) is 9.90 Å². The average molecular weight is 197 g/mol. The molecule has 2 N–H and O–H groups in total. The number of amides is 1. The molecule has 2 saturated carbocycles. The third kappa shape index (κ3) is 1.92. The summed E-state index contributed by atoms with van der Waals surface area (Å²) < 4.78 is 0. The van der Waals surface area contributed by atoms with Gasteiger partial charge < -0.3 is 10.4 Å². The van der Waals surface area contributed by atoms with Crippen molar-refractivity contribution in [3.63, 3.8) is 0 Å². The van der Waals surface area contributed by atoms with E-state index in [2.05, 4.69) is 5.32 Å². The summed E-state index contributed by atoms with van der Waals surface area (Å²) in [6.45, 7) is 2.00. The van der Waals surface area contributed by atoms with E-state index in [0.717, 1.165) is 38.5 Å². The molecule has 14 heavy (non-hydrogen) atoms. The van der Waals surface area contributed by atoms with Crippen molar-refractivity contribution in [2.45, 2.75) is 57.6 Å². The Kier molecular flexibility index (Phi) is 2.52. The minimum absolute atomic E-state index is 0.00803. The van der Waals surface area contributed by atoms with Crippen molar-refractivity contribution in [2.75, 3.05) is 0 Å². The highest BCUT2D eigenvalue weighted by Crippen LogP contribution is 2.45. The van der Waals surface area contributed by atoms with Gasteiger partial charge in [-0.2, -0.15) is 0 Å². The fourth-order valence-corrected chi connectivity index (χ4v) is 2.04. The smallest absolute Gasteiger partial charge is 0.226 e. The van der Waals surface area contributed by atoms with E-state index in [1.807, 2.05) is 6.92 Å². The largest absolute Gasteiger partial charge is 0.391 e. The normalized spacial score (nSPS) is 35.0. The van der Waals surface area contributed by atoms with Gasteiger partial charge in [0.15, 0.2) is 0 Å². The van der Waals surface area contributed by atoms with Gasteiger partial charge in [-0.15, -0.1) is 0 Å². The molecule has 3 heteroatoms. The van der Waals surface area contributed by atoms with Crippen molar-refractivity contribution in [1.82, 2.24) is 5.32 Å². The number of carbonyl (C=O) groups is 1. The van der Waals surface area contributed by atoms with E-state index in [0.29, 0.717) is 0 Å². The van der Waals surface area contributed by atoms with Gasteiger partial charge in [0.1, 0.15) is 0 Å². The fourth-order valence-electron chi connectivity index (χ4n) is 2.04. The second-order valence-corrected chi connectivity index (χ2v) is 4.99. The highest BCUT2D eigenvalue weighted by molar-refractivity contribution is 5.85. The van der Waals surface area contributed by atoms with Gasteiger partial charge in [-0.25, -0.2) is 0 Å². The predicted molar refractivity (Wildman–Crippen MR) is 53.7 cm³/mol. The molecule has 2 rings (SSSR count). The van der Waals surface area contributed by atoms with E-state index in [1.165, 1.54) is 0 Å². The summed E-state index contributed by atoms with van der Waals surface area (Å²) in [5.41, 5.74) is -0.114. The van der Waals surface area contributed by atoms with Crippen LogP contribution in [0.4, 0.5) is 0 Å². The van der Waals surface area contributed by atoms with Gasteiger partial charge in [-0.05, 0) is 25.7 Å². The lowest BCUT2D eigenvalue weighted by molar-refractivity contribution is -0.127. The summed E-state index contributed by atoms with van der Waals surface area (Å²) in [4.78, 5) is 11.7. The fraction of sp³-hybridized carbons (Fsp3) is 0.909. The zero-order valence-electron chi connectivity index (χ0n) is 8.75. The SMILES string of the molecule is CC1(C(=O)N[C@H]2CCCC[C@@H]2O)CC1. The van der Waals surface area contributed by atoms with Crippen LogP contribution < -0.4 is 5.32 Å². The Bertz CT molecular complexity index is 235. The molecule has 0 saturated heterocycles. The first kappa shape index (κ1) is 9.97. The lowest BCUT2D eigenvalue weighted by Crippen LogP contribution is -2.47. The van der Waals surface area contributed by atoms with Crippen LogP contribution in [0.2, 0.25) is 0 Å². The van der Waals surface area contributed by atoms with Crippen molar-refractivity contribution < 1.29 is 9.90 Å². The number of nitrogens with one attached hydrogen (secondary N) is 1. The summed E-state index contributed by atoms with van der Waals surface area (Å²) in [7, 11) is 0. The van der Waals surface area contributed by atoms with Crippen molar-refractivity contribution in [3.05, 3.63) is 0 Å². The van der Waals surface area contributed by atoms with Crippen molar-refractivity contribution in [1.29, 1.82) is 0 Å². The molecule has 2 fully saturated rings. The monoisotopic (exact) mass is 197 g/mol. The third-order valence-electron chi connectivity index (χ3n) is 3.59. The summed E-state index contributed by atoms with van der Waals surface area (Å²) in [5, 5.41) is 12.7. The molecule has 0 radical (unpaired) electrons. The van der Waals surface area contributed by atoms with Gasteiger partial charge in [0, 0.05) is 5.41 Å². The van der Waals surface area contributed by atoms with E-state index < -0.39 is 0 Å². The molecule has 0 aromatic heterocycles. The highest BCUT2D eigenvalue weighted by atomic mass is 16.3. The molecule has 80 valence electrons. The van der Waals surface area contributed by atoms with Crippen LogP contribution in [0.5, 0.6) is 0 Å². The molecule has 0 bridgehead atoms. The zero-order chi connectivity index (χ0) is 10.2. The van der Waals surface area contributed by atoms with Gasteiger partial charge in [-0.1, -0.05) is 19.8 Å². The standard InChI is InChI=1S/C11H19NO2/c1-11(6-7-11)10(14)12-8-4-2-3-5-9(8)13/h8-9,13H,2-7H2,1H3,(H,12,14)/t8-,9-/m0/s1. The number of carbonyl (C=O) groups excluding carboxylic acids is 1. The van der Waals surface area contributed by atoms with Crippen LogP contribution in [0.15, 0.2) is 0 Å². The van der Waals surface area contributed by atoms with Crippen LogP contribution in [-0.2, 0) is 4.79 Å². The number of hydrogen-bond acceptors (Lipinski definition) is 2. The Morgan fingerprint density at radius 3 is 2.57 bits per heavy atom. The molecule has 0 aromatic carbocycles. The minimum Gasteiger partial charge on any atom is -0.391 e. The highest BCUT2D eigenvalue weighted by Gasteiger charge is 2.45. The summed E-state index contributed by atoms with van der Waals surface area (Å²) >= 11 is 0. The lowest BCUT2D eigenvalue weighted by Gasteiger charge is -2.29. The topological polar surface area (TPSA) is 49.3 Å². The van der Waals surface area contributed by atoms with Crippen molar-refractivity contribution in [3.8, 4) is 0 Å². The Labute approximate surface area is 84.9 Å².